The van der Waals surface area contributed by atoms with Gasteiger partial charge in [-0.15, -0.1) is 11.3 Å². The molecule has 1 aromatic heterocycles. The van der Waals surface area contributed by atoms with E-state index in [-0.39, 0.29) is 30.2 Å². The van der Waals surface area contributed by atoms with Crippen LogP contribution in [0.3, 0.4) is 0 Å². The monoisotopic (exact) mass is 392 g/mol. The summed E-state index contributed by atoms with van der Waals surface area (Å²) in [6, 6.07) is 0.235. The summed E-state index contributed by atoms with van der Waals surface area (Å²) in [7, 11) is 0. The number of piperidine rings is 1. The fraction of sp³-hybridized carbons (Fsp3) is 0.737. The predicted molar refractivity (Wildman–Crippen MR) is 103 cm³/mol. The van der Waals surface area contributed by atoms with Gasteiger partial charge in [0, 0.05) is 43.2 Å². The maximum absolute atomic E-state index is 12.4. The third-order valence-electron chi connectivity index (χ3n) is 5.97. The van der Waals surface area contributed by atoms with Gasteiger partial charge in [0.1, 0.15) is 11.1 Å². The number of aryl methyl sites for hydroxylation is 1. The van der Waals surface area contributed by atoms with Crippen LogP contribution in [0.25, 0.3) is 0 Å². The van der Waals surface area contributed by atoms with Crippen molar-refractivity contribution in [2.75, 3.05) is 26.2 Å². The Morgan fingerprint density at radius 2 is 2.07 bits per heavy atom. The normalized spacial score (nSPS) is 26.5. The van der Waals surface area contributed by atoms with Crippen molar-refractivity contribution in [1.82, 2.24) is 19.7 Å². The molecule has 148 valence electrons. The molecular weight excluding hydrogens is 364 g/mol. The van der Waals surface area contributed by atoms with Crippen LogP contribution in [-0.4, -0.2) is 76.1 Å². The van der Waals surface area contributed by atoms with Gasteiger partial charge in [0.15, 0.2) is 0 Å². The lowest BCUT2D eigenvalue weighted by Crippen LogP contribution is -2.50. The van der Waals surface area contributed by atoms with Gasteiger partial charge in [-0.1, -0.05) is 13.8 Å². The highest BCUT2D eigenvalue weighted by atomic mass is 32.1. The van der Waals surface area contributed by atoms with Crippen molar-refractivity contribution < 1.29 is 14.3 Å². The van der Waals surface area contributed by atoms with Crippen LogP contribution in [0.2, 0.25) is 0 Å². The third kappa shape index (κ3) is 3.69. The summed E-state index contributed by atoms with van der Waals surface area (Å²) in [5, 5.41) is 1.18. The van der Waals surface area contributed by atoms with Gasteiger partial charge in [0.25, 0.3) is 0 Å². The number of rotatable bonds is 5. The Hall–Kier alpha value is -1.67. The number of hydrogen-bond acceptors (Lipinski definition) is 6. The van der Waals surface area contributed by atoms with E-state index in [4.69, 9.17) is 4.74 Å². The van der Waals surface area contributed by atoms with Crippen molar-refractivity contribution in [3.05, 3.63) is 16.1 Å². The van der Waals surface area contributed by atoms with Gasteiger partial charge in [-0.2, -0.15) is 0 Å². The minimum Gasteiger partial charge on any atom is -0.442 e. The second-order valence-corrected chi connectivity index (χ2v) is 8.83. The molecule has 0 radical (unpaired) electrons. The molecule has 8 heteroatoms. The van der Waals surface area contributed by atoms with Gasteiger partial charge in [0.05, 0.1) is 19.1 Å². The second kappa shape index (κ2) is 7.75. The zero-order valence-corrected chi connectivity index (χ0v) is 16.9. The summed E-state index contributed by atoms with van der Waals surface area (Å²) in [5.41, 5.74) is 0. The van der Waals surface area contributed by atoms with Crippen LogP contribution in [0.1, 0.15) is 43.0 Å². The minimum absolute atomic E-state index is 0.0237. The Labute approximate surface area is 164 Å². The maximum Gasteiger partial charge on any atom is 0.410 e. The zero-order chi connectivity index (χ0) is 19.0. The molecule has 2 amide bonds. The smallest absolute Gasteiger partial charge is 0.410 e. The van der Waals surface area contributed by atoms with Crippen molar-refractivity contribution >= 4 is 23.3 Å². The molecule has 3 saturated heterocycles. The lowest BCUT2D eigenvalue weighted by molar-refractivity contribution is -0.130. The van der Waals surface area contributed by atoms with E-state index >= 15 is 0 Å². The molecule has 0 bridgehead atoms. The van der Waals surface area contributed by atoms with Crippen molar-refractivity contribution in [2.45, 2.75) is 64.3 Å². The van der Waals surface area contributed by atoms with Crippen LogP contribution in [0, 0.1) is 0 Å². The molecule has 7 nitrogen and oxygen atoms in total. The Bertz CT molecular complexity index is 701. The van der Waals surface area contributed by atoms with E-state index in [1.807, 2.05) is 22.9 Å². The first-order valence-corrected chi connectivity index (χ1v) is 10.8. The van der Waals surface area contributed by atoms with Gasteiger partial charge in [-0.25, -0.2) is 9.78 Å². The topological polar surface area (TPSA) is 66.0 Å². The van der Waals surface area contributed by atoms with Crippen molar-refractivity contribution in [3.8, 4) is 0 Å². The average molecular weight is 393 g/mol. The van der Waals surface area contributed by atoms with E-state index < -0.39 is 0 Å². The number of amides is 2. The molecule has 0 N–H and O–H groups in total. The van der Waals surface area contributed by atoms with E-state index in [0.717, 1.165) is 38.9 Å². The number of carbonyl (C=O) groups excluding carboxylic acids is 2. The lowest BCUT2D eigenvalue weighted by Gasteiger charge is -2.37. The van der Waals surface area contributed by atoms with E-state index in [2.05, 4.69) is 16.8 Å². The number of hydrogen-bond donors (Lipinski definition) is 0. The molecule has 0 aromatic carbocycles. The fourth-order valence-electron chi connectivity index (χ4n) is 4.44. The van der Waals surface area contributed by atoms with Gasteiger partial charge in [0.2, 0.25) is 5.91 Å². The highest BCUT2D eigenvalue weighted by Crippen LogP contribution is 2.32. The largest absolute Gasteiger partial charge is 0.442 e. The molecule has 2 atom stereocenters. The first-order chi connectivity index (χ1) is 13.1. The number of likely N-dealkylation sites (tertiary alicyclic amines) is 2. The molecule has 4 heterocycles. The zero-order valence-electron chi connectivity index (χ0n) is 16.1. The van der Waals surface area contributed by atoms with Gasteiger partial charge >= 0.3 is 6.09 Å². The Balaban J connectivity index is 1.33. The lowest BCUT2D eigenvalue weighted by atomic mass is 10.0. The summed E-state index contributed by atoms with van der Waals surface area (Å²) < 4.78 is 5.58. The van der Waals surface area contributed by atoms with Crippen LogP contribution in [-0.2, 0) is 22.5 Å². The third-order valence-corrected chi connectivity index (χ3v) is 7.10. The summed E-state index contributed by atoms with van der Waals surface area (Å²) in [5.74, 6) is 0.144. The molecule has 0 saturated carbocycles. The molecule has 3 aliphatic heterocycles. The number of thiazole rings is 1. The first kappa shape index (κ1) is 18.7. The van der Waals surface area contributed by atoms with Crippen LogP contribution >= 0.6 is 11.3 Å². The Kier molecular flexibility index (Phi) is 5.36. The summed E-state index contributed by atoms with van der Waals surface area (Å²) in [6.45, 7) is 8.01. The van der Waals surface area contributed by atoms with Gasteiger partial charge in [-0.05, 0) is 19.3 Å². The second-order valence-electron chi connectivity index (χ2n) is 7.63. The fourth-order valence-corrected chi connectivity index (χ4v) is 5.35. The quantitative estimate of drug-likeness (QED) is 0.768. The van der Waals surface area contributed by atoms with Crippen molar-refractivity contribution in [1.29, 1.82) is 0 Å². The molecule has 3 aliphatic rings. The SMILES string of the molecule is CCC(=O)N1C[C@@H]2OC(=O)N(C3CCN(Cc4ncc(CC)s4)CC3)[C@@H]2C1. The van der Waals surface area contributed by atoms with Crippen LogP contribution in [0.4, 0.5) is 4.79 Å². The van der Waals surface area contributed by atoms with E-state index in [1.165, 1.54) is 9.88 Å². The highest BCUT2D eigenvalue weighted by molar-refractivity contribution is 7.11. The Morgan fingerprint density at radius 3 is 2.74 bits per heavy atom. The van der Waals surface area contributed by atoms with Crippen molar-refractivity contribution in [3.63, 3.8) is 0 Å². The number of ether oxygens (including phenoxy) is 1. The van der Waals surface area contributed by atoms with Crippen molar-refractivity contribution in [2.24, 2.45) is 0 Å². The van der Waals surface area contributed by atoms with Crippen LogP contribution in [0.5, 0.6) is 0 Å². The maximum atomic E-state index is 12.4. The average Bonchev–Trinajstić information content (AvgIpc) is 3.36. The van der Waals surface area contributed by atoms with Crippen LogP contribution < -0.4 is 0 Å². The molecular formula is C19H28N4O3S. The number of nitrogens with zero attached hydrogens (tertiary/aromatic N) is 4. The van der Waals surface area contributed by atoms with Gasteiger partial charge in [-0.3, -0.25) is 14.6 Å². The molecule has 4 rings (SSSR count). The number of aromatic nitrogens is 1. The minimum atomic E-state index is -0.195. The molecule has 0 aliphatic carbocycles. The highest BCUT2D eigenvalue weighted by Gasteiger charge is 2.51. The predicted octanol–water partition coefficient (Wildman–Crippen LogP) is 2.11. The van der Waals surface area contributed by atoms with Crippen LogP contribution in [0.15, 0.2) is 6.20 Å². The molecule has 0 spiro atoms. The van der Waals surface area contributed by atoms with Gasteiger partial charge < -0.3 is 9.64 Å². The Morgan fingerprint density at radius 1 is 1.30 bits per heavy atom. The molecule has 27 heavy (non-hydrogen) atoms. The van der Waals surface area contributed by atoms with E-state index in [1.54, 1.807) is 11.3 Å². The molecule has 0 unspecified atom stereocenters. The summed E-state index contributed by atoms with van der Waals surface area (Å²) in [4.78, 5) is 36.5. The number of carbonyl (C=O) groups is 2. The first-order valence-electron chi connectivity index (χ1n) is 10.0. The molecule has 1 aromatic rings. The summed E-state index contributed by atoms with van der Waals surface area (Å²) >= 11 is 1.80. The standard InChI is InChI=1S/C19H28N4O3S/c1-3-14-9-20-17(27-14)12-21-7-5-13(6-8-21)23-15-10-22(18(24)4-2)11-16(15)26-19(23)25/h9,13,15-16H,3-8,10-12H2,1-2H3/t15-,16+/m1/s1. The van der Waals surface area contributed by atoms with E-state index in [9.17, 15) is 9.59 Å². The summed E-state index contributed by atoms with van der Waals surface area (Å²) in [6.07, 6.45) is 5.07. The number of fused-ring (bicyclic) bond motifs is 1. The molecule has 3 fully saturated rings. The van der Waals surface area contributed by atoms with E-state index in [0.29, 0.717) is 19.5 Å².